The largest absolute Gasteiger partial charge is 0.495 e. The number of carbonyl (C=O) groups excluding carboxylic acids is 1. The molecule has 0 atom stereocenters. The number of halogens is 1. The molecule has 112 valence electrons. The molecule has 0 aliphatic rings. The summed E-state index contributed by atoms with van der Waals surface area (Å²) in [7, 11) is -1.95. The van der Waals surface area contributed by atoms with Crippen LogP contribution in [0.15, 0.2) is 18.2 Å². The van der Waals surface area contributed by atoms with E-state index < -0.39 is 15.9 Å². The van der Waals surface area contributed by atoms with Crippen LogP contribution in [0.25, 0.3) is 0 Å². The van der Waals surface area contributed by atoms with E-state index in [2.05, 4.69) is 10.0 Å². The molecule has 0 radical (unpaired) electrons. The first-order valence-corrected chi connectivity index (χ1v) is 8.01. The summed E-state index contributed by atoms with van der Waals surface area (Å²) >= 11 is 5.83. The molecule has 0 aromatic heterocycles. The van der Waals surface area contributed by atoms with Crippen molar-refractivity contribution in [2.24, 2.45) is 0 Å². The normalized spacial score (nSPS) is 11.2. The second-order valence-corrected chi connectivity index (χ2v) is 6.40. The van der Waals surface area contributed by atoms with Gasteiger partial charge in [0.2, 0.25) is 15.9 Å². The monoisotopic (exact) mass is 320 g/mol. The van der Waals surface area contributed by atoms with Gasteiger partial charge in [-0.3, -0.25) is 4.79 Å². The second-order valence-electron chi connectivity index (χ2n) is 4.03. The predicted molar refractivity (Wildman–Crippen MR) is 78.7 cm³/mol. The number of methoxy groups -OCH3 is 1. The van der Waals surface area contributed by atoms with E-state index in [4.69, 9.17) is 16.3 Å². The summed E-state index contributed by atoms with van der Waals surface area (Å²) in [4.78, 5) is 11.7. The molecule has 0 saturated heterocycles. The molecular weight excluding hydrogens is 304 g/mol. The molecule has 1 amide bonds. The number of rotatable bonds is 7. The van der Waals surface area contributed by atoms with Crippen molar-refractivity contribution in [3.63, 3.8) is 0 Å². The molecule has 0 bridgehead atoms. The molecule has 0 aliphatic carbocycles. The van der Waals surface area contributed by atoms with Crippen LogP contribution in [0.3, 0.4) is 0 Å². The highest BCUT2D eigenvalue weighted by Crippen LogP contribution is 2.27. The van der Waals surface area contributed by atoms with Gasteiger partial charge in [0.25, 0.3) is 0 Å². The highest BCUT2D eigenvalue weighted by molar-refractivity contribution is 7.89. The number of hydrogen-bond donors (Lipinski definition) is 2. The molecular formula is C12H17ClN2O4S. The number of amides is 1. The van der Waals surface area contributed by atoms with Crippen LogP contribution in [0.4, 0.5) is 5.69 Å². The highest BCUT2D eigenvalue weighted by Gasteiger charge is 2.13. The van der Waals surface area contributed by atoms with Gasteiger partial charge in [-0.15, -0.1) is 0 Å². The van der Waals surface area contributed by atoms with Crippen LogP contribution < -0.4 is 14.8 Å². The molecule has 0 heterocycles. The van der Waals surface area contributed by atoms with Crippen molar-refractivity contribution in [2.45, 2.75) is 13.3 Å². The van der Waals surface area contributed by atoms with E-state index in [1.165, 1.54) is 13.2 Å². The molecule has 0 spiro atoms. The van der Waals surface area contributed by atoms with Crippen LogP contribution in [0, 0.1) is 0 Å². The van der Waals surface area contributed by atoms with Crippen molar-refractivity contribution in [3.05, 3.63) is 23.2 Å². The molecule has 1 rings (SSSR count). The molecule has 2 N–H and O–H groups in total. The summed E-state index contributed by atoms with van der Waals surface area (Å²) in [6, 6.07) is 4.76. The van der Waals surface area contributed by atoms with E-state index in [0.717, 1.165) is 0 Å². The Hall–Kier alpha value is -1.31. The van der Waals surface area contributed by atoms with E-state index in [-0.39, 0.29) is 12.3 Å². The van der Waals surface area contributed by atoms with E-state index in [1.54, 1.807) is 19.1 Å². The lowest BCUT2D eigenvalue weighted by atomic mass is 10.3. The van der Waals surface area contributed by atoms with Crippen LogP contribution in [0.1, 0.15) is 13.3 Å². The molecule has 1 aromatic rings. The fourth-order valence-corrected chi connectivity index (χ4v) is 2.69. The Labute approximate surface area is 123 Å². The van der Waals surface area contributed by atoms with E-state index in [9.17, 15) is 13.2 Å². The molecule has 0 unspecified atom stereocenters. The van der Waals surface area contributed by atoms with Gasteiger partial charge in [-0.1, -0.05) is 18.5 Å². The SMILES string of the molecule is CCCS(=O)(=O)NCC(=O)Nc1cc(Cl)ccc1OC. The third-order valence-electron chi connectivity index (χ3n) is 2.36. The molecule has 20 heavy (non-hydrogen) atoms. The number of carbonyl (C=O) groups is 1. The molecule has 0 aliphatic heterocycles. The van der Waals surface area contributed by atoms with Gasteiger partial charge in [0, 0.05) is 5.02 Å². The number of ether oxygens (including phenoxy) is 1. The van der Waals surface area contributed by atoms with Crippen LogP contribution >= 0.6 is 11.6 Å². The zero-order chi connectivity index (χ0) is 15.2. The lowest BCUT2D eigenvalue weighted by Crippen LogP contribution is -2.34. The number of sulfonamides is 1. The maximum Gasteiger partial charge on any atom is 0.239 e. The molecule has 0 fully saturated rings. The van der Waals surface area contributed by atoms with Gasteiger partial charge in [0.1, 0.15) is 5.75 Å². The summed E-state index contributed by atoms with van der Waals surface area (Å²) < 4.78 is 30.1. The third kappa shape index (κ3) is 5.36. The zero-order valence-corrected chi connectivity index (χ0v) is 12.8. The maximum absolute atomic E-state index is 11.7. The predicted octanol–water partition coefficient (Wildman–Crippen LogP) is 1.62. The lowest BCUT2D eigenvalue weighted by molar-refractivity contribution is -0.115. The second kappa shape index (κ2) is 7.47. The minimum atomic E-state index is -3.41. The van der Waals surface area contributed by atoms with Gasteiger partial charge in [0.15, 0.2) is 0 Å². The molecule has 0 saturated carbocycles. The summed E-state index contributed by atoms with van der Waals surface area (Å²) in [6.45, 7) is 1.41. The van der Waals surface area contributed by atoms with Crippen molar-refractivity contribution in [1.29, 1.82) is 0 Å². The molecule has 1 aromatic carbocycles. The number of nitrogens with one attached hydrogen (secondary N) is 2. The topological polar surface area (TPSA) is 84.5 Å². The van der Waals surface area contributed by atoms with E-state index in [0.29, 0.717) is 22.9 Å². The Bertz CT molecular complexity index is 575. The Kier molecular flexibility index (Phi) is 6.25. The summed E-state index contributed by atoms with van der Waals surface area (Å²) in [5, 5.41) is 2.98. The van der Waals surface area contributed by atoms with Crippen LogP contribution in [0.5, 0.6) is 5.75 Å². The minimum absolute atomic E-state index is 0.0131. The zero-order valence-electron chi connectivity index (χ0n) is 11.3. The highest BCUT2D eigenvalue weighted by atomic mass is 35.5. The van der Waals surface area contributed by atoms with Gasteiger partial charge in [-0.2, -0.15) is 0 Å². The van der Waals surface area contributed by atoms with Gasteiger partial charge < -0.3 is 10.1 Å². The first-order valence-electron chi connectivity index (χ1n) is 5.98. The van der Waals surface area contributed by atoms with E-state index >= 15 is 0 Å². The summed E-state index contributed by atoms with van der Waals surface area (Å²) in [5.41, 5.74) is 0.389. The molecule has 8 heteroatoms. The van der Waals surface area contributed by atoms with Crippen molar-refractivity contribution >= 4 is 33.2 Å². The third-order valence-corrected chi connectivity index (χ3v) is 4.13. The maximum atomic E-state index is 11.7. The van der Waals surface area contributed by atoms with E-state index in [1.807, 2.05) is 0 Å². The van der Waals surface area contributed by atoms with Crippen LogP contribution in [-0.2, 0) is 14.8 Å². The standard InChI is InChI=1S/C12H17ClN2O4S/c1-3-6-20(17,18)14-8-12(16)15-10-7-9(13)4-5-11(10)19-2/h4-5,7,14H,3,6,8H2,1-2H3,(H,15,16). The summed E-state index contributed by atoms with van der Waals surface area (Å²) in [5.74, 6) is -0.0646. The number of hydrogen-bond acceptors (Lipinski definition) is 4. The van der Waals surface area contributed by atoms with Gasteiger partial charge in [0.05, 0.1) is 25.1 Å². The number of benzene rings is 1. The van der Waals surface area contributed by atoms with Crippen molar-refractivity contribution in [1.82, 2.24) is 4.72 Å². The fourth-order valence-electron chi connectivity index (χ4n) is 1.49. The van der Waals surface area contributed by atoms with Gasteiger partial charge >= 0.3 is 0 Å². The smallest absolute Gasteiger partial charge is 0.239 e. The Balaban J connectivity index is 2.65. The van der Waals surface area contributed by atoms with Crippen molar-refractivity contribution in [3.8, 4) is 5.75 Å². The lowest BCUT2D eigenvalue weighted by Gasteiger charge is -2.11. The minimum Gasteiger partial charge on any atom is -0.495 e. The van der Waals surface area contributed by atoms with Gasteiger partial charge in [-0.05, 0) is 24.6 Å². The van der Waals surface area contributed by atoms with Crippen molar-refractivity contribution in [2.75, 3.05) is 24.7 Å². The van der Waals surface area contributed by atoms with Gasteiger partial charge in [-0.25, -0.2) is 13.1 Å². The Morgan fingerprint density at radius 2 is 2.10 bits per heavy atom. The number of anilines is 1. The first kappa shape index (κ1) is 16.7. The average Bonchev–Trinajstić information content (AvgIpc) is 2.37. The fraction of sp³-hybridized carbons (Fsp3) is 0.417. The summed E-state index contributed by atoms with van der Waals surface area (Å²) in [6.07, 6.45) is 0.485. The van der Waals surface area contributed by atoms with Crippen LogP contribution in [-0.4, -0.2) is 33.7 Å². The molecule has 6 nitrogen and oxygen atoms in total. The van der Waals surface area contributed by atoms with Crippen molar-refractivity contribution < 1.29 is 17.9 Å². The first-order chi connectivity index (χ1) is 9.38. The van der Waals surface area contributed by atoms with Crippen LogP contribution in [0.2, 0.25) is 5.02 Å². The Morgan fingerprint density at radius 1 is 1.40 bits per heavy atom. The quantitative estimate of drug-likeness (QED) is 0.799. The Morgan fingerprint density at radius 3 is 2.70 bits per heavy atom. The average molecular weight is 321 g/mol.